The van der Waals surface area contributed by atoms with Gasteiger partial charge in [0.15, 0.2) is 0 Å². The summed E-state index contributed by atoms with van der Waals surface area (Å²) in [5, 5.41) is 10.7. The molecule has 2 atom stereocenters. The van der Waals surface area contributed by atoms with E-state index in [1.807, 2.05) is 36.4 Å². The minimum Gasteiger partial charge on any atom is -0.330 e. The van der Waals surface area contributed by atoms with Gasteiger partial charge in [0.1, 0.15) is 5.69 Å². The van der Waals surface area contributed by atoms with Gasteiger partial charge in [0.05, 0.1) is 5.69 Å². The summed E-state index contributed by atoms with van der Waals surface area (Å²) in [5.74, 6) is 0.0888. The van der Waals surface area contributed by atoms with Gasteiger partial charge >= 0.3 is 0 Å². The van der Waals surface area contributed by atoms with Gasteiger partial charge in [-0.15, -0.1) is 0 Å². The van der Waals surface area contributed by atoms with Gasteiger partial charge < -0.3 is 10.2 Å². The first-order chi connectivity index (χ1) is 10.8. The lowest BCUT2D eigenvalue weighted by Gasteiger charge is -2.27. The second kappa shape index (κ2) is 5.57. The number of aromatic nitrogens is 2. The molecule has 22 heavy (non-hydrogen) atoms. The van der Waals surface area contributed by atoms with Gasteiger partial charge in [0.2, 0.25) is 0 Å². The number of hydrogen-bond donors (Lipinski definition) is 2. The summed E-state index contributed by atoms with van der Waals surface area (Å²) in [4.78, 5) is 15.0. The van der Waals surface area contributed by atoms with Crippen LogP contribution in [0.5, 0.6) is 0 Å². The summed E-state index contributed by atoms with van der Waals surface area (Å²) >= 11 is 0. The Morgan fingerprint density at radius 3 is 2.82 bits per heavy atom. The number of nitrogens with zero attached hydrogens (tertiary/aromatic N) is 2. The Hall–Kier alpha value is -2.14. The Labute approximate surface area is 129 Å². The van der Waals surface area contributed by atoms with Crippen molar-refractivity contribution < 1.29 is 4.79 Å². The van der Waals surface area contributed by atoms with Crippen LogP contribution in [0.2, 0.25) is 0 Å². The van der Waals surface area contributed by atoms with Gasteiger partial charge in [0, 0.05) is 24.2 Å². The van der Waals surface area contributed by atoms with Gasteiger partial charge in [-0.25, -0.2) is 0 Å². The molecule has 2 N–H and O–H groups in total. The zero-order valence-electron chi connectivity index (χ0n) is 12.5. The summed E-state index contributed by atoms with van der Waals surface area (Å²) in [7, 11) is 0. The maximum Gasteiger partial charge on any atom is 0.272 e. The smallest absolute Gasteiger partial charge is 0.272 e. The molecular weight excluding hydrogens is 276 g/mol. The molecule has 2 unspecified atom stereocenters. The quantitative estimate of drug-likeness (QED) is 0.891. The molecule has 5 heteroatoms. The van der Waals surface area contributed by atoms with Crippen LogP contribution in [0.1, 0.15) is 29.8 Å². The highest BCUT2D eigenvalue weighted by Crippen LogP contribution is 2.29. The summed E-state index contributed by atoms with van der Waals surface area (Å²) < 4.78 is 0. The van der Waals surface area contributed by atoms with Crippen LogP contribution in [0.4, 0.5) is 0 Å². The second-order valence-corrected chi connectivity index (χ2v) is 6.12. The molecule has 1 amide bonds. The normalized spacial score (nSPS) is 24.3. The lowest BCUT2D eigenvalue weighted by Crippen LogP contribution is -2.42. The predicted octanol–water partition coefficient (Wildman–Crippen LogP) is 2.04. The molecule has 0 saturated carbocycles. The van der Waals surface area contributed by atoms with Crippen LogP contribution in [-0.2, 0) is 0 Å². The minimum absolute atomic E-state index is 0.0888. The van der Waals surface area contributed by atoms with Gasteiger partial charge in [0.25, 0.3) is 5.91 Å². The Balaban J connectivity index is 1.60. The summed E-state index contributed by atoms with van der Waals surface area (Å²) in [6, 6.07) is 12.5. The Morgan fingerprint density at radius 2 is 1.95 bits per heavy atom. The minimum atomic E-state index is 0.0888. The second-order valence-electron chi connectivity index (χ2n) is 6.12. The number of fused-ring (bicyclic) bond motifs is 2. The van der Waals surface area contributed by atoms with Crippen molar-refractivity contribution in [2.75, 3.05) is 13.1 Å². The zero-order chi connectivity index (χ0) is 14.9. The molecule has 1 aromatic heterocycles. The van der Waals surface area contributed by atoms with Crippen LogP contribution in [-0.4, -0.2) is 46.2 Å². The maximum absolute atomic E-state index is 12.9. The van der Waals surface area contributed by atoms with E-state index in [1.165, 1.54) is 0 Å². The van der Waals surface area contributed by atoms with E-state index in [9.17, 15) is 4.79 Å². The van der Waals surface area contributed by atoms with Crippen LogP contribution < -0.4 is 5.32 Å². The third kappa shape index (κ3) is 2.31. The molecule has 3 heterocycles. The standard InChI is InChI=1S/C17H20N4O/c22-17(21-13-6-7-14(21)11-18-9-8-13)16-10-15(19-20-16)12-4-2-1-3-5-12/h1-5,10,13-14,18H,6-9,11H2,(H,19,20). The molecule has 0 radical (unpaired) electrons. The third-order valence-electron chi connectivity index (χ3n) is 4.77. The fourth-order valence-corrected chi connectivity index (χ4v) is 3.64. The van der Waals surface area contributed by atoms with E-state index >= 15 is 0 Å². The number of benzene rings is 1. The molecule has 2 aliphatic rings. The van der Waals surface area contributed by atoms with Gasteiger partial charge in [-0.05, 0) is 31.9 Å². The van der Waals surface area contributed by atoms with Gasteiger partial charge in [-0.2, -0.15) is 5.10 Å². The SMILES string of the molecule is O=C(c1cc(-c2ccccc2)n[nH]1)N1C2CCNCC1CC2. The maximum atomic E-state index is 12.9. The lowest BCUT2D eigenvalue weighted by atomic mass is 10.1. The number of H-pyrrole nitrogens is 1. The fourth-order valence-electron chi connectivity index (χ4n) is 3.64. The van der Waals surface area contributed by atoms with E-state index < -0.39 is 0 Å². The number of carbonyl (C=O) groups is 1. The summed E-state index contributed by atoms with van der Waals surface area (Å²) in [6.45, 7) is 1.91. The number of aromatic amines is 1. The molecule has 2 bridgehead atoms. The predicted molar refractivity (Wildman–Crippen MR) is 84.5 cm³/mol. The van der Waals surface area contributed by atoms with Crippen molar-refractivity contribution in [3.8, 4) is 11.3 Å². The highest BCUT2D eigenvalue weighted by atomic mass is 16.2. The van der Waals surface area contributed by atoms with E-state index in [0.29, 0.717) is 17.8 Å². The molecule has 2 aliphatic heterocycles. The van der Waals surface area contributed by atoms with Crippen LogP contribution >= 0.6 is 0 Å². The number of carbonyl (C=O) groups excluding carboxylic acids is 1. The van der Waals surface area contributed by atoms with E-state index in [2.05, 4.69) is 20.4 Å². The molecule has 5 nitrogen and oxygen atoms in total. The van der Waals surface area contributed by atoms with Crippen molar-refractivity contribution in [1.29, 1.82) is 0 Å². The highest BCUT2D eigenvalue weighted by molar-refractivity contribution is 5.94. The number of amides is 1. The number of nitrogens with one attached hydrogen (secondary N) is 2. The first-order valence-corrected chi connectivity index (χ1v) is 7.97. The van der Waals surface area contributed by atoms with E-state index in [1.54, 1.807) is 0 Å². The average Bonchev–Trinajstić information content (AvgIpc) is 3.12. The van der Waals surface area contributed by atoms with Crippen molar-refractivity contribution in [3.05, 3.63) is 42.1 Å². The molecule has 2 aromatic rings. The first kappa shape index (κ1) is 13.5. The molecule has 114 valence electrons. The monoisotopic (exact) mass is 296 g/mol. The molecular formula is C17H20N4O. The van der Waals surface area contributed by atoms with Crippen LogP contribution in [0, 0.1) is 0 Å². The Kier molecular flexibility index (Phi) is 3.42. The van der Waals surface area contributed by atoms with Gasteiger partial charge in [-0.3, -0.25) is 9.89 Å². The first-order valence-electron chi connectivity index (χ1n) is 7.97. The van der Waals surface area contributed by atoms with Crippen molar-refractivity contribution >= 4 is 5.91 Å². The molecule has 0 aliphatic carbocycles. The fraction of sp³-hybridized carbons (Fsp3) is 0.412. The molecule has 0 spiro atoms. The summed E-state index contributed by atoms with van der Waals surface area (Å²) in [5.41, 5.74) is 2.44. The number of rotatable bonds is 2. The molecule has 1 aromatic carbocycles. The van der Waals surface area contributed by atoms with Crippen LogP contribution in [0.15, 0.2) is 36.4 Å². The molecule has 2 saturated heterocycles. The topological polar surface area (TPSA) is 61.0 Å². The van der Waals surface area contributed by atoms with E-state index in [4.69, 9.17) is 0 Å². The van der Waals surface area contributed by atoms with E-state index in [-0.39, 0.29) is 5.91 Å². The van der Waals surface area contributed by atoms with Crippen molar-refractivity contribution in [2.45, 2.75) is 31.3 Å². The Bertz CT molecular complexity index is 652. The van der Waals surface area contributed by atoms with Crippen molar-refractivity contribution in [1.82, 2.24) is 20.4 Å². The van der Waals surface area contributed by atoms with Crippen LogP contribution in [0.25, 0.3) is 11.3 Å². The van der Waals surface area contributed by atoms with Crippen molar-refractivity contribution in [3.63, 3.8) is 0 Å². The largest absolute Gasteiger partial charge is 0.330 e. The van der Waals surface area contributed by atoms with Gasteiger partial charge in [-0.1, -0.05) is 30.3 Å². The Morgan fingerprint density at radius 1 is 1.14 bits per heavy atom. The van der Waals surface area contributed by atoms with Crippen LogP contribution in [0.3, 0.4) is 0 Å². The zero-order valence-corrected chi connectivity index (χ0v) is 12.5. The van der Waals surface area contributed by atoms with E-state index in [0.717, 1.165) is 43.6 Å². The molecule has 4 rings (SSSR count). The highest BCUT2D eigenvalue weighted by Gasteiger charge is 2.38. The summed E-state index contributed by atoms with van der Waals surface area (Å²) in [6.07, 6.45) is 3.27. The van der Waals surface area contributed by atoms with Crippen molar-refractivity contribution in [2.24, 2.45) is 0 Å². The lowest BCUT2D eigenvalue weighted by molar-refractivity contribution is 0.0674. The number of hydrogen-bond acceptors (Lipinski definition) is 3. The molecule has 2 fully saturated rings. The third-order valence-corrected chi connectivity index (χ3v) is 4.77. The average molecular weight is 296 g/mol.